The van der Waals surface area contributed by atoms with Crippen LogP contribution >= 0.6 is 0 Å². The largest absolute Gasteiger partial charge is 0.463 e. The second-order valence-electron chi connectivity index (χ2n) is 7.05. The van der Waals surface area contributed by atoms with Crippen LogP contribution in [-0.2, 0) is 20.8 Å². The maximum Gasteiger partial charge on any atom is 0.373 e. The fourth-order valence-electron chi connectivity index (χ4n) is 3.59. The number of furan rings is 1. The van der Waals surface area contributed by atoms with E-state index < -0.39 is 5.97 Å². The average molecular weight is 390 g/mol. The Morgan fingerprint density at radius 1 is 1.21 bits per heavy atom. The number of methoxy groups -OCH3 is 1. The van der Waals surface area contributed by atoms with Gasteiger partial charge in [-0.25, -0.2) is 9.18 Å². The Bertz CT molecular complexity index is 810. The Morgan fingerprint density at radius 3 is 2.64 bits per heavy atom. The summed E-state index contributed by atoms with van der Waals surface area (Å²) in [6.45, 7) is 2.97. The molecule has 2 fully saturated rings. The zero-order chi connectivity index (χ0) is 19.5. The standard InChI is InChI=1S/C20H23FN2O5/c1-25-20(24)17-6-5-16(28-17)8-23-9-18-19(10-23)27-12-15(11-26-18)22-14-4-2-3-13(21)7-14/h2-7,15,18-19,22H,8-12H2,1H3/t18-,19-/m0/s1. The molecule has 2 aliphatic rings. The van der Waals surface area contributed by atoms with Gasteiger partial charge >= 0.3 is 5.97 Å². The molecule has 2 atom stereocenters. The van der Waals surface area contributed by atoms with Gasteiger partial charge in [0.1, 0.15) is 11.6 Å². The smallest absolute Gasteiger partial charge is 0.373 e. The minimum absolute atomic E-state index is 0.0330. The number of benzene rings is 1. The Balaban J connectivity index is 1.29. The number of hydrogen-bond acceptors (Lipinski definition) is 7. The van der Waals surface area contributed by atoms with Gasteiger partial charge in [0.25, 0.3) is 0 Å². The molecule has 1 aromatic carbocycles. The number of fused-ring (bicyclic) bond motifs is 1. The summed E-state index contributed by atoms with van der Waals surface area (Å²) in [5.41, 5.74) is 0.713. The molecule has 0 saturated carbocycles. The molecular weight excluding hydrogens is 367 g/mol. The molecule has 0 amide bonds. The van der Waals surface area contributed by atoms with Crippen molar-refractivity contribution in [3.8, 4) is 0 Å². The highest BCUT2D eigenvalue weighted by Gasteiger charge is 2.37. The van der Waals surface area contributed by atoms with E-state index in [4.69, 9.17) is 13.9 Å². The number of likely N-dealkylation sites (tertiary alicyclic amines) is 1. The third-order valence-electron chi connectivity index (χ3n) is 4.94. The molecule has 1 aromatic heterocycles. The van der Waals surface area contributed by atoms with Crippen LogP contribution in [0.15, 0.2) is 40.8 Å². The normalized spacial score (nSPS) is 23.2. The molecule has 0 aliphatic carbocycles. The topological polar surface area (TPSA) is 73.2 Å². The maximum absolute atomic E-state index is 13.3. The number of nitrogens with one attached hydrogen (secondary N) is 1. The van der Waals surface area contributed by atoms with E-state index in [-0.39, 0.29) is 29.8 Å². The van der Waals surface area contributed by atoms with Gasteiger partial charge < -0.3 is 23.9 Å². The molecule has 0 radical (unpaired) electrons. The van der Waals surface area contributed by atoms with Crippen molar-refractivity contribution in [1.29, 1.82) is 0 Å². The van der Waals surface area contributed by atoms with Crippen LogP contribution in [0.1, 0.15) is 16.3 Å². The fourth-order valence-corrected chi connectivity index (χ4v) is 3.59. The van der Waals surface area contributed by atoms with E-state index in [0.29, 0.717) is 44.3 Å². The van der Waals surface area contributed by atoms with Crippen molar-refractivity contribution in [2.24, 2.45) is 0 Å². The Hall–Kier alpha value is -2.42. The molecule has 2 aliphatic heterocycles. The predicted molar refractivity (Wildman–Crippen MR) is 98.6 cm³/mol. The van der Waals surface area contributed by atoms with Gasteiger partial charge in [0.15, 0.2) is 0 Å². The lowest BCUT2D eigenvalue weighted by Gasteiger charge is -2.19. The summed E-state index contributed by atoms with van der Waals surface area (Å²) in [4.78, 5) is 13.7. The monoisotopic (exact) mass is 390 g/mol. The lowest BCUT2D eigenvalue weighted by molar-refractivity contribution is -0.00461. The third kappa shape index (κ3) is 4.35. The van der Waals surface area contributed by atoms with Crippen molar-refractivity contribution in [3.05, 3.63) is 53.7 Å². The van der Waals surface area contributed by atoms with E-state index in [1.54, 1.807) is 18.2 Å². The van der Waals surface area contributed by atoms with Gasteiger partial charge in [0.2, 0.25) is 5.76 Å². The summed E-state index contributed by atoms with van der Waals surface area (Å²) in [7, 11) is 1.32. The molecule has 7 nitrogen and oxygen atoms in total. The summed E-state index contributed by atoms with van der Waals surface area (Å²) in [5, 5.41) is 3.26. The van der Waals surface area contributed by atoms with E-state index in [1.807, 2.05) is 6.07 Å². The van der Waals surface area contributed by atoms with Crippen molar-refractivity contribution in [1.82, 2.24) is 4.90 Å². The number of ether oxygens (including phenoxy) is 3. The molecule has 2 aromatic rings. The first-order valence-corrected chi connectivity index (χ1v) is 9.25. The number of nitrogens with zero attached hydrogens (tertiary/aromatic N) is 1. The van der Waals surface area contributed by atoms with Gasteiger partial charge in [-0.05, 0) is 30.3 Å². The highest BCUT2D eigenvalue weighted by Crippen LogP contribution is 2.23. The molecule has 2 saturated heterocycles. The van der Waals surface area contributed by atoms with Gasteiger partial charge in [-0.15, -0.1) is 0 Å². The highest BCUT2D eigenvalue weighted by atomic mass is 19.1. The van der Waals surface area contributed by atoms with Crippen LogP contribution in [-0.4, -0.2) is 62.5 Å². The first kappa shape index (κ1) is 18.9. The van der Waals surface area contributed by atoms with Crippen molar-refractivity contribution in [2.75, 3.05) is 38.7 Å². The molecule has 0 bridgehead atoms. The summed E-state index contributed by atoms with van der Waals surface area (Å²) < 4.78 is 35.6. The molecular formula is C20H23FN2O5. The van der Waals surface area contributed by atoms with Crippen LogP contribution in [0.3, 0.4) is 0 Å². The van der Waals surface area contributed by atoms with Gasteiger partial charge in [0, 0.05) is 18.8 Å². The van der Waals surface area contributed by atoms with Gasteiger partial charge in [0.05, 0.1) is 45.1 Å². The Kier molecular flexibility index (Phi) is 5.61. The van der Waals surface area contributed by atoms with Crippen molar-refractivity contribution in [2.45, 2.75) is 24.8 Å². The Labute approximate surface area is 162 Å². The zero-order valence-corrected chi connectivity index (χ0v) is 15.6. The Morgan fingerprint density at radius 2 is 1.96 bits per heavy atom. The lowest BCUT2D eigenvalue weighted by Crippen LogP contribution is -2.31. The van der Waals surface area contributed by atoms with Crippen LogP contribution in [0.25, 0.3) is 0 Å². The van der Waals surface area contributed by atoms with E-state index in [1.165, 1.54) is 19.2 Å². The zero-order valence-electron chi connectivity index (χ0n) is 15.6. The van der Waals surface area contributed by atoms with Crippen LogP contribution in [0, 0.1) is 5.82 Å². The molecule has 150 valence electrons. The second kappa shape index (κ2) is 8.30. The van der Waals surface area contributed by atoms with Gasteiger partial charge in [-0.3, -0.25) is 4.90 Å². The van der Waals surface area contributed by atoms with E-state index >= 15 is 0 Å². The highest BCUT2D eigenvalue weighted by molar-refractivity contribution is 5.86. The second-order valence-corrected chi connectivity index (χ2v) is 7.05. The number of halogens is 1. The number of carbonyl (C=O) groups is 1. The van der Waals surface area contributed by atoms with Crippen molar-refractivity contribution < 1.29 is 27.8 Å². The van der Waals surface area contributed by atoms with Crippen LogP contribution in [0.2, 0.25) is 0 Å². The van der Waals surface area contributed by atoms with Gasteiger partial charge in [-0.2, -0.15) is 0 Å². The first-order chi connectivity index (χ1) is 13.6. The molecule has 28 heavy (non-hydrogen) atoms. The molecule has 1 N–H and O–H groups in total. The summed E-state index contributed by atoms with van der Waals surface area (Å²) in [6, 6.07) is 9.72. The molecule has 0 spiro atoms. The number of hydrogen-bond donors (Lipinski definition) is 1. The van der Waals surface area contributed by atoms with Crippen LogP contribution in [0.5, 0.6) is 0 Å². The summed E-state index contributed by atoms with van der Waals surface area (Å²) in [6.07, 6.45) is -0.0660. The minimum atomic E-state index is -0.485. The first-order valence-electron chi connectivity index (χ1n) is 9.25. The fraction of sp³-hybridized carbons (Fsp3) is 0.450. The molecule has 0 unspecified atom stereocenters. The van der Waals surface area contributed by atoms with Crippen LogP contribution < -0.4 is 5.32 Å². The minimum Gasteiger partial charge on any atom is -0.463 e. The van der Waals surface area contributed by atoms with Crippen molar-refractivity contribution >= 4 is 11.7 Å². The molecule has 8 heteroatoms. The van der Waals surface area contributed by atoms with E-state index in [0.717, 1.165) is 0 Å². The SMILES string of the molecule is COC(=O)c1ccc(CN2C[C@@H]3OCC(Nc4cccc(F)c4)CO[C@H]3C2)o1. The summed E-state index contributed by atoms with van der Waals surface area (Å²) in [5.74, 6) is 0.134. The quantitative estimate of drug-likeness (QED) is 0.786. The molecule has 3 heterocycles. The third-order valence-corrected chi connectivity index (χ3v) is 4.94. The van der Waals surface area contributed by atoms with E-state index in [2.05, 4.69) is 15.0 Å². The lowest BCUT2D eigenvalue weighted by atomic mass is 10.2. The maximum atomic E-state index is 13.3. The van der Waals surface area contributed by atoms with E-state index in [9.17, 15) is 9.18 Å². The summed E-state index contributed by atoms with van der Waals surface area (Å²) >= 11 is 0. The number of carbonyl (C=O) groups excluding carboxylic acids is 1. The number of anilines is 1. The average Bonchev–Trinajstić information content (AvgIpc) is 3.26. The van der Waals surface area contributed by atoms with Crippen LogP contribution in [0.4, 0.5) is 10.1 Å². The predicted octanol–water partition coefficient (Wildman–Crippen LogP) is 2.29. The van der Waals surface area contributed by atoms with Gasteiger partial charge in [-0.1, -0.05) is 6.07 Å². The van der Waals surface area contributed by atoms with Crippen molar-refractivity contribution in [3.63, 3.8) is 0 Å². The number of rotatable bonds is 5. The molecule has 4 rings (SSSR count). The number of esters is 1.